The number of benzene rings is 1. The van der Waals surface area contributed by atoms with Crippen LogP contribution in [0.1, 0.15) is 18.2 Å². The number of hydrogen-bond donors (Lipinski definition) is 3. The molecule has 1 aliphatic heterocycles. The van der Waals surface area contributed by atoms with Crippen LogP contribution in [0.4, 0.5) is 5.82 Å². The second-order valence-electron chi connectivity index (χ2n) is 6.00. The molecular weight excluding hydrogens is 322 g/mol. The second-order valence-corrected chi connectivity index (χ2v) is 6.00. The molecule has 25 heavy (non-hydrogen) atoms. The number of aliphatic hydroxyl groups excluding tert-OH is 2. The number of nitrogens with zero attached hydrogens (tertiary/aromatic N) is 4. The van der Waals surface area contributed by atoms with E-state index in [0.29, 0.717) is 29.9 Å². The molecule has 3 heterocycles. The monoisotopic (exact) mass is 341 g/mol. The van der Waals surface area contributed by atoms with E-state index in [0.717, 1.165) is 5.56 Å². The number of hydrogen-bond acceptors (Lipinski definition) is 7. The zero-order valence-corrected chi connectivity index (χ0v) is 13.5. The summed E-state index contributed by atoms with van der Waals surface area (Å²) < 4.78 is 7.45. The fraction of sp³-hybridized carbons (Fsp3) is 0.353. The first-order chi connectivity index (χ1) is 12.3. The lowest BCUT2D eigenvalue weighted by atomic mass is 10.2. The molecule has 0 spiro atoms. The molecule has 0 aliphatic carbocycles. The number of fused-ring (bicyclic) bond motifs is 1. The minimum atomic E-state index is -0.704. The first-order valence-electron chi connectivity index (χ1n) is 8.16. The van der Waals surface area contributed by atoms with Crippen molar-refractivity contribution in [2.45, 2.75) is 31.4 Å². The average Bonchev–Trinajstić information content (AvgIpc) is 3.24. The molecular formula is C17H19N5O3. The van der Waals surface area contributed by atoms with Crippen molar-refractivity contribution in [1.82, 2.24) is 19.5 Å². The molecule has 8 heteroatoms. The SMILES string of the molecule is OC[C@H]1OC(n2cnc3c(NCc4ccccc4)ncnc32)CC1O. The molecule has 1 fully saturated rings. The van der Waals surface area contributed by atoms with Crippen molar-refractivity contribution >= 4 is 17.0 Å². The molecule has 0 radical (unpaired) electrons. The van der Waals surface area contributed by atoms with Crippen LogP contribution in [0.5, 0.6) is 0 Å². The van der Waals surface area contributed by atoms with Gasteiger partial charge in [0.15, 0.2) is 17.0 Å². The van der Waals surface area contributed by atoms with Crippen molar-refractivity contribution in [3.63, 3.8) is 0 Å². The van der Waals surface area contributed by atoms with Gasteiger partial charge in [0.05, 0.1) is 19.0 Å². The van der Waals surface area contributed by atoms with Gasteiger partial charge in [0.2, 0.25) is 0 Å². The second kappa shape index (κ2) is 6.75. The van der Waals surface area contributed by atoms with Crippen molar-refractivity contribution in [2.24, 2.45) is 0 Å². The smallest absolute Gasteiger partial charge is 0.167 e. The topological polar surface area (TPSA) is 105 Å². The van der Waals surface area contributed by atoms with Gasteiger partial charge in [-0.15, -0.1) is 0 Å². The Morgan fingerprint density at radius 3 is 2.80 bits per heavy atom. The molecule has 0 bridgehead atoms. The van der Waals surface area contributed by atoms with Crippen LogP contribution >= 0.6 is 0 Å². The van der Waals surface area contributed by atoms with E-state index in [1.807, 2.05) is 30.3 Å². The lowest BCUT2D eigenvalue weighted by Crippen LogP contribution is -2.24. The minimum absolute atomic E-state index is 0.219. The Hall–Kier alpha value is -2.55. The van der Waals surface area contributed by atoms with Gasteiger partial charge in [-0.3, -0.25) is 4.57 Å². The van der Waals surface area contributed by atoms with Crippen molar-refractivity contribution in [1.29, 1.82) is 0 Å². The van der Waals surface area contributed by atoms with Crippen molar-refractivity contribution in [2.75, 3.05) is 11.9 Å². The van der Waals surface area contributed by atoms with E-state index >= 15 is 0 Å². The average molecular weight is 341 g/mol. The third kappa shape index (κ3) is 3.07. The molecule has 1 aliphatic rings. The predicted molar refractivity (Wildman–Crippen MR) is 90.7 cm³/mol. The zero-order chi connectivity index (χ0) is 17.2. The molecule has 3 N–H and O–H groups in total. The normalized spacial score (nSPS) is 23.2. The standard InChI is InChI=1S/C17H19N5O3/c23-8-13-12(24)6-14(25-13)22-10-21-15-16(19-9-20-17(15)22)18-7-11-4-2-1-3-5-11/h1-5,9-10,12-14,23-24H,6-8H2,(H,18,19,20)/t12?,13-,14?/m1/s1. The largest absolute Gasteiger partial charge is 0.394 e. The molecule has 1 saturated heterocycles. The van der Waals surface area contributed by atoms with Gasteiger partial charge >= 0.3 is 0 Å². The molecule has 3 atom stereocenters. The Kier molecular flexibility index (Phi) is 4.31. The van der Waals surface area contributed by atoms with E-state index in [-0.39, 0.29) is 6.61 Å². The molecule has 0 saturated carbocycles. The van der Waals surface area contributed by atoms with Crippen LogP contribution in [0, 0.1) is 0 Å². The summed E-state index contributed by atoms with van der Waals surface area (Å²) >= 11 is 0. The van der Waals surface area contributed by atoms with E-state index in [1.54, 1.807) is 10.9 Å². The van der Waals surface area contributed by atoms with Gasteiger partial charge in [-0.05, 0) is 5.56 Å². The fourth-order valence-corrected chi connectivity index (χ4v) is 3.02. The van der Waals surface area contributed by atoms with E-state index in [2.05, 4.69) is 20.3 Å². The number of rotatable bonds is 5. The summed E-state index contributed by atoms with van der Waals surface area (Å²) in [6, 6.07) is 10.0. The van der Waals surface area contributed by atoms with Gasteiger partial charge in [-0.2, -0.15) is 0 Å². The summed E-state index contributed by atoms with van der Waals surface area (Å²) in [5, 5.41) is 22.5. The van der Waals surface area contributed by atoms with E-state index in [9.17, 15) is 10.2 Å². The lowest BCUT2D eigenvalue weighted by Gasteiger charge is -2.13. The Balaban J connectivity index is 1.58. The Morgan fingerprint density at radius 1 is 1.20 bits per heavy atom. The van der Waals surface area contributed by atoms with Crippen LogP contribution in [0.15, 0.2) is 43.0 Å². The molecule has 0 amide bonds. The van der Waals surface area contributed by atoms with Crippen molar-refractivity contribution in [3.05, 3.63) is 48.5 Å². The fourth-order valence-electron chi connectivity index (χ4n) is 3.02. The highest BCUT2D eigenvalue weighted by molar-refractivity contribution is 5.82. The highest BCUT2D eigenvalue weighted by atomic mass is 16.5. The molecule has 1 aromatic carbocycles. The summed E-state index contributed by atoms with van der Waals surface area (Å²) in [7, 11) is 0. The third-order valence-electron chi connectivity index (χ3n) is 4.36. The van der Waals surface area contributed by atoms with Crippen LogP contribution in [0.25, 0.3) is 11.2 Å². The number of ether oxygens (including phenoxy) is 1. The van der Waals surface area contributed by atoms with Crippen LogP contribution in [0.2, 0.25) is 0 Å². The Bertz CT molecular complexity index is 854. The summed E-state index contributed by atoms with van der Waals surface area (Å²) in [6.07, 6.45) is 1.79. The molecule has 2 unspecified atom stereocenters. The Morgan fingerprint density at radius 2 is 2.04 bits per heavy atom. The molecule has 2 aromatic heterocycles. The van der Waals surface area contributed by atoms with Crippen molar-refractivity contribution in [3.8, 4) is 0 Å². The number of imidazole rings is 1. The summed E-state index contributed by atoms with van der Waals surface area (Å²) in [5.41, 5.74) is 2.41. The van der Waals surface area contributed by atoms with Crippen LogP contribution in [-0.2, 0) is 11.3 Å². The van der Waals surface area contributed by atoms with Crippen molar-refractivity contribution < 1.29 is 14.9 Å². The third-order valence-corrected chi connectivity index (χ3v) is 4.36. The number of anilines is 1. The first kappa shape index (κ1) is 15.9. The minimum Gasteiger partial charge on any atom is -0.394 e. The van der Waals surface area contributed by atoms with E-state index < -0.39 is 18.4 Å². The maximum atomic E-state index is 9.93. The number of nitrogens with one attached hydrogen (secondary N) is 1. The maximum Gasteiger partial charge on any atom is 0.167 e. The van der Waals surface area contributed by atoms with Crippen LogP contribution < -0.4 is 5.32 Å². The predicted octanol–water partition coefficient (Wildman–Crippen LogP) is 1.08. The van der Waals surface area contributed by atoms with Gasteiger partial charge in [0.1, 0.15) is 18.7 Å². The van der Waals surface area contributed by atoms with Gasteiger partial charge < -0.3 is 20.3 Å². The summed E-state index contributed by atoms with van der Waals surface area (Å²) in [4.78, 5) is 13.0. The number of aliphatic hydroxyl groups is 2. The summed E-state index contributed by atoms with van der Waals surface area (Å²) in [5.74, 6) is 0.643. The molecule has 4 rings (SSSR count). The maximum absolute atomic E-state index is 9.93. The molecule has 3 aromatic rings. The molecule has 130 valence electrons. The zero-order valence-electron chi connectivity index (χ0n) is 13.5. The van der Waals surface area contributed by atoms with Gasteiger partial charge in [-0.25, -0.2) is 15.0 Å². The van der Waals surface area contributed by atoms with Crippen LogP contribution in [-0.4, -0.2) is 48.5 Å². The van der Waals surface area contributed by atoms with Gasteiger partial charge in [-0.1, -0.05) is 30.3 Å². The summed E-state index contributed by atoms with van der Waals surface area (Å²) in [6.45, 7) is 0.411. The Labute approximate surface area is 144 Å². The van der Waals surface area contributed by atoms with E-state index in [4.69, 9.17) is 4.74 Å². The van der Waals surface area contributed by atoms with Gasteiger partial charge in [0.25, 0.3) is 0 Å². The highest BCUT2D eigenvalue weighted by Gasteiger charge is 2.35. The first-order valence-corrected chi connectivity index (χ1v) is 8.16. The molecule has 8 nitrogen and oxygen atoms in total. The highest BCUT2D eigenvalue weighted by Crippen LogP contribution is 2.31. The van der Waals surface area contributed by atoms with Gasteiger partial charge in [0, 0.05) is 13.0 Å². The van der Waals surface area contributed by atoms with E-state index in [1.165, 1.54) is 6.33 Å². The lowest BCUT2D eigenvalue weighted by molar-refractivity contribution is -0.0432. The van der Waals surface area contributed by atoms with Crippen LogP contribution in [0.3, 0.4) is 0 Å². The number of aromatic nitrogens is 4. The quantitative estimate of drug-likeness (QED) is 0.638.